The van der Waals surface area contributed by atoms with Gasteiger partial charge in [-0.05, 0) is 48.4 Å². The summed E-state index contributed by atoms with van der Waals surface area (Å²) in [6.45, 7) is 1.77. The molecule has 9 heteroatoms. The zero-order valence-electron chi connectivity index (χ0n) is 15.3. The Morgan fingerprint density at radius 3 is 2.29 bits per heavy atom. The van der Waals surface area contributed by atoms with Gasteiger partial charge in [-0.15, -0.1) is 0 Å². The minimum absolute atomic E-state index is 0.0319. The summed E-state index contributed by atoms with van der Waals surface area (Å²) in [6, 6.07) is 11.1. The van der Waals surface area contributed by atoms with E-state index in [-0.39, 0.29) is 22.8 Å². The quantitative estimate of drug-likeness (QED) is 0.614. The molecule has 0 fully saturated rings. The van der Waals surface area contributed by atoms with Crippen molar-refractivity contribution >= 4 is 21.9 Å². The van der Waals surface area contributed by atoms with E-state index in [0.29, 0.717) is 13.0 Å². The molecule has 2 rings (SSSR count). The number of amides is 1. The number of sulfonamides is 1. The third kappa shape index (κ3) is 6.43. The standard InChI is InChI=1S/C19H21FN2O5S/c1-2-22-28(25,26)17-9-5-15(6-10-17)19(24)27-13-18(23)21-12-11-14-3-7-16(20)8-4-14/h3-10,22H,2,11-13H2,1H3,(H,21,23). The van der Waals surface area contributed by atoms with Gasteiger partial charge in [-0.2, -0.15) is 0 Å². The largest absolute Gasteiger partial charge is 0.452 e. The van der Waals surface area contributed by atoms with Crippen LogP contribution in [0.2, 0.25) is 0 Å². The fourth-order valence-electron chi connectivity index (χ4n) is 2.31. The summed E-state index contributed by atoms with van der Waals surface area (Å²) in [5.41, 5.74) is 1.00. The molecule has 0 aromatic heterocycles. The third-order valence-corrected chi connectivity index (χ3v) is 5.28. The number of halogens is 1. The van der Waals surface area contributed by atoms with E-state index in [1.807, 2.05) is 0 Å². The maximum Gasteiger partial charge on any atom is 0.338 e. The molecule has 0 aliphatic heterocycles. The average molecular weight is 408 g/mol. The molecular formula is C19H21FN2O5S. The van der Waals surface area contributed by atoms with Gasteiger partial charge in [0.15, 0.2) is 6.61 Å². The highest BCUT2D eigenvalue weighted by molar-refractivity contribution is 7.89. The summed E-state index contributed by atoms with van der Waals surface area (Å²) in [7, 11) is -3.60. The van der Waals surface area contributed by atoms with Crippen molar-refractivity contribution in [2.75, 3.05) is 19.7 Å². The van der Waals surface area contributed by atoms with Crippen LogP contribution in [0.1, 0.15) is 22.8 Å². The summed E-state index contributed by atoms with van der Waals surface area (Å²) in [4.78, 5) is 23.7. The lowest BCUT2D eigenvalue weighted by Gasteiger charge is -2.08. The summed E-state index contributed by atoms with van der Waals surface area (Å²) >= 11 is 0. The van der Waals surface area contributed by atoms with Crippen molar-refractivity contribution in [3.8, 4) is 0 Å². The van der Waals surface area contributed by atoms with Crippen LogP contribution in [0.5, 0.6) is 0 Å². The molecule has 0 spiro atoms. The monoisotopic (exact) mass is 408 g/mol. The number of carbonyl (C=O) groups is 2. The number of hydrogen-bond donors (Lipinski definition) is 2. The Morgan fingerprint density at radius 2 is 1.68 bits per heavy atom. The number of benzene rings is 2. The van der Waals surface area contributed by atoms with Crippen molar-refractivity contribution in [1.29, 1.82) is 0 Å². The minimum atomic E-state index is -3.60. The first-order valence-corrected chi connectivity index (χ1v) is 10.1. The molecule has 2 aromatic rings. The molecule has 0 atom stereocenters. The maximum atomic E-state index is 12.8. The van der Waals surface area contributed by atoms with Crippen molar-refractivity contribution < 1.29 is 27.1 Å². The molecule has 0 aliphatic rings. The predicted octanol–water partition coefficient (Wildman–Crippen LogP) is 1.64. The molecule has 1 amide bonds. The van der Waals surface area contributed by atoms with E-state index in [0.717, 1.165) is 5.56 Å². The SMILES string of the molecule is CCNS(=O)(=O)c1ccc(C(=O)OCC(=O)NCCc2ccc(F)cc2)cc1. The van der Waals surface area contributed by atoms with Gasteiger partial charge in [0.05, 0.1) is 10.5 Å². The van der Waals surface area contributed by atoms with Crippen LogP contribution in [0.15, 0.2) is 53.4 Å². The lowest BCUT2D eigenvalue weighted by Crippen LogP contribution is -2.30. The summed E-state index contributed by atoms with van der Waals surface area (Å²) in [6.07, 6.45) is 0.516. The van der Waals surface area contributed by atoms with Crippen LogP contribution in [0.25, 0.3) is 0 Å². The van der Waals surface area contributed by atoms with Gasteiger partial charge < -0.3 is 10.1 Å². The fraction of sp³-hybridized carbons (Fsp3) is 0.263. The van der Waals surface area contributed by atoms with Crippen molar-refractivity contribution in [3.63, 3.8) is 0 Å². The number of esters is 1. The second kappa shape index (κ2) is 9.95. The normalized spacial score (nSPS) is 11.1. The van der Waals surface area contributed by atoms with Gasteiger partial charge in [-0.3, -0.25) is 4.79 Å². The van der Waals surface area contributed by atoms with Crippen molar-refractivity contribution in [2.45, 2.75) is 18.2 Å². The summed E-state index contributed by atoms with van der Waals surface area (Å²) in [5.74, 6) is -1.53. The lowest BCUT2D eigenvalue weighted by molar-refractivity contribution is -0.124. The minimum Gasteiger partial charge on any atom is -0.452 e. The lowest BCUT2D eigenvalue weighted by atomic mass is 10.1. The van der Waals surface area contributed by atoms with E-state index < -0.39 is 28.5 Å². The molecule has 150 valence electrons. The smallest absolute Gasteiger partial charge is 0.338 e. The first-order valence-electron chi connectivity index (χ1n) is 8.60. The first-order chi connectivity index (χ1) is 13.3. The molecule has 2 aromatic carbocycles. The van der Waals surface area contributed by atoms with Gasteiger partial charge in [-0.25, -0.2) is 22.3 Å². The Hall–Kier alpha value is -2.78. The molecule has 0 bridgehead atoms. The molecule has 2 N–H and O–H groups in total. The van der Waals surface area contributed by atoms with E-state index in [9.17, 15) is 22.4 Å². The topological polar surface area (TPSA) is 102 Å². The number of ether oxygens (including phenoxy) is 1. The fourth-order valence-corrected chi connectivity index (χ4v) is 3.35. The number of hydrogen-bond acceptors (Lipinski definition) is 5. The van der Waals surface area contributed by atoms with Gasteiger partial charge in [0, 0.05) is 13.1 Å². The Labute approximate surface area is 163 Å². The second-order valence-corrected chi connectivity index (χ2v) is 7.60. The van der Waals surface area contributed by atoms with E-state index >= 15 is 0 Å². The van der Waals surface area contributed by atoms with E-state index in [2.05, 4.69) is 10.0 Å². The summed E-state index contributed by atoms with van der Waals surface area (Å²) < 4.78 is 43.8. The van der Waals surface area contributed by atoms with Crippen molar-refractivity contribution in [2.24, 2.45) is 0 Å². The average Bonchev–Trinajstić information content (AvgIpc) is 2.68. The Kier molecular flexibility index (Phi) is 7.65. The van der Waals surface area contributed by atoms with Crippen LogP contribution in [-0.4, -0.2) is 40.0 Å². The molecule has 0 saturated carbocycles. The zero-order valence-corrected chi connectivity index (χ0v) is 16.1. The number of nitrogens with one attached hydrogen (secondary N) is 2. The Morgan fingerprint density at radius 1 is 1.04 bits per heavy atom. The highest BCUT2D eigenvalue weighted by Crippen LogP contribution is 2.11. The van der Waals surface area contributed by atoms with Crippen LogP contribution < -0.4 is 10.0 Å². The molecule has 0 radical (unpaired) electrons. The van der Waals surface area contributed by atoms with Gasteiger partial charge in [-0.1, -0.05) is 19.1 Å². The predicted molar refractivity (Wildman–Crippen MR) is 101 cm³/mol. The molecular weight excluding hydrogens is 387 g/mol. The Balaban J connectivity index is 1.78. The van der Waals surface area contributed by atoms with Crippen LogP contribution >= 0.6 is 0 Å². The zero-order chi connectivity index (χ0) is 20.6. The molecule has 0 unspecified atom stereocenters. The van der Waals surface area contributed by atoms with Gasteiger partial charge in [0.2, 0.25) is 10.0 Å². The van der Waals surface area contributed by atoms with Crippen molar-refractivity contribution in [3.05, 3.63) is 65.5 Å². The number of carbonyl (C=O) groups excluding carboxylic acids is 2. The Bertz CT molecular complexity index is 912. The van der Waals surface area contributed by atoms with E-state index in [4.69, 9.17) is 4.74 Å². The van der Waals surface area contributed by atoms with Gasteiger partial charge >= 0.3 is 5.97 Å². The second-order valence-electron chi connectivity index (χ2n) is 5.83. The maximum absolute atomic E-state index is 12.8. The van der Waals surface area contributed by atoms with Gasteiger partial charge in [0.25, 0.3) is 5.91 Å². The third-order valence-electron chi connectivity index (χ3n) is 3.72. The molecule has 0 heterocycles. The van der Waals surface area contributed by atoms with Crippen LogP contribution in [-0.2, 0) is 26.0 Å². The first kappa shape index (κ1) is 21.5. The van der Waals surface area contributed by atoms with Crippen LogP contribution in [0.3, 0.4) is 0 Å². The van der Waals surface area contributed by atoms with E-state index in [1.54, 1.807) is 19.1 Å². The molecule has 7 nitrogen and oxygen atoms in total. The van der Waals surface area contributed by atoms with Crippen LogP contribution in [0, 0.1) is 5.82 Å². The van der Waals surface area contributed by atoms with Crippen LogP contribution in [0.4, 0.5) is 4.39 Å². The highest BCUT2D eigenvalue weighted by Gasteiger charge is 2.15. The van der Waals surface area contributed by atoms with Crippen molar-refractivity contribution in [1.82, 2.24) is 10.0 Å². The molecule has 0 saturated heterocycles. The van der Waals surface area contributed by atoms with Gasteiger partial charge in [0.1, 0.15) is 5.82 Å². The number of rotatable bonds is 9. The molecule has 28 heavy (non-hydrogen) atoms. The van der Waals surface area contributed by atoms with E-state index in [1.165, 1.54) is 36.4 Å². The molecule has 0 aliphatic carbocycles. The summed E-state index contributed by atoms with van der Waals surface area (Å²) in [5, 5.41) is 2.60. The highest BCUT2D eigenvalue weighted by atomic mass is 32.2.